The van der Waals surface area contributed by atoms with Gasteiger partial charge in [0.15, 0.2) is 0 Å². The molecule has 170 valence electrons. The molecule has 0 fully saturated rings. The lowest BCUT2D eigenvalue weighted by molar-refractivity contribution is -0.115. The minimum Gasteiger partial charge on any atom is -0.464 e. The number of rotatable bonds is 8. The predicted molar refractivity (Wildman–Crippen MR) is 129 cm³/mol. The number of carbonyl (C=O) groups is 1. The van der Waals surface area contributed by atoms with Gasteiger partial charge in [-0.15, -0.1) is 0 Å². The molecule has 0 aliphatic heterocycles. The van der Waals surface area contributed by atoms with E-state index in [1.54, 1.807) is 25.4 Å². The number of amides is 1. The van der Waals surface area contributed by atoms with Crippen LogP contribution in [0.3, 0.4) is 0 Å². The van der Waals surface area contributed by atoms with Gasteiger partial charge in [-0.05, 0) is 53.9 Å². The molecule has 6 nitrogen and oxygen atoms in total. The second-order valence-corrected chi connectivity index (χ2v) is 9.99. The van der Waals surface area contributed by atoms with E-state index in [-0.39, 0.29) is 23.8 Å². The molecule has 33 heavy (non-hydrogen) atoms. The van der Waals surface area contributed by atoms with Crippen molar-refractivity contribution >= 4 is 32.6 Å². The van der Waals surface area contributed by atoms with Crippen molar-refractivity contribution in [3.8, 4) is 0 Å². The van der Waals surface area contributed by atoms with Crippen molar-refractivity contribution < 1.29 is 17.6 Å². The molecule has 0 aliphatic rings. The Balaban J connectivity index is 1.42. The minimum absolute atomic E-state index is 0.167. The van der Waals surface area contributed by atoms with Crippen LogP contribution >= 0.6 is 0 Å². The molecule has 0 atom stereocenters. The highest BCUT2D eigenvalue weighted by molar-refractivity contribution is 7.89. The Morgan fingerprint density at radius 2 is 1.70 bits per heavy atom. The van der Waals surface area contributed by atoms with Gasteiger partial charge in [-0.25, -0.2) is 8.42 Å². The molecule has 0 aliphatic carbocycles. The summed E-state index contributed by atoms with van der Waals surface area (Å²) in [5.74, 6) is -0.198. The van der Waals surface area contributed by atoms with Gasteiger partial charge in [-0.2, -0.15) is 4.31 Å². The first-order valence-corrected chi connectivity index (χ1v) is 12.2. The van der Waals surface area contributed by atoms with E-state index >= 15 is 0 Å². The maximum absolute atomic E-state index is 12.9. The maximum atomic E-state index is 12.9. The zero-order valence-electron chi connectivity index (χ0n) is 18.6. The summed E-state index contributed by atoms with van der Waals surface area (Å²) in [5, 5.41) is 3.77. The fraction of sp³-hybridized carbons (Fsp3) is 0.192. The molecule has 3 aromatic carbocycles. The molecule has 1 N–H and O–H groups in total. The molecule has 0 radical (unpaired) electrons. The average Bonchev–Trinajstić information content (AvgIpc) is 3.21. The lowest BCUT2D eigenvalue weighted by Crippen LogP contribution is -2.26. The number of hydrogen-bond acceptors (Lipinski definition) is 4. The fourth-order valence-corrected chi connectivity index (χ4v) is 4.84. The summed E-state index contributed by atoms with van der Waals surface area (Å²) in [5.41, 5.74) is 4.19. The third-order valence-corrected chi connectivity index (χ3v) is 7.39. The lowest BCUT2D eigenvalue weighted by Gasteiger charge is -2.17. The van der Waals surface area contributed by atoms with Crippen molar-refractivity contribution in [3.63, 3.8) is 0 Å². The van der Waals surface area contributed by atoms with Gasteiger partial charge in [-0.3, -0.25) is 4.79 Å². The van der Waals surface area contributed by atoms with E-state index in [1.165, 1.54) is 22.0 Å². The van der Waals surface area contributed by atoms with Crippen molar-refractivity contribution in [1.29, 1.82) is 0 Å². The first-order chi connectivity index (χ1) is 15.9. The third-order valence-electron chi connectivity index (χ3n) is 5.57. The smallest absolute Gasteiger partial charge is 0.243 e. The predicted octanol–water partition coefficient (Wildman–Crippen LogP) is 5.00. The van der Waals surface area contributed by atoms with Crippen LogP contribution in [0.4, 0.5) is 5.69 Å². The van der Waals surface area contributed by atoms with E-state index in [4.69, 9.17) is 4.42 Å². The SMILES string of the molecule is CCc1ccc2occ(CC(=O)Nc3ccc(S(=O)(=O)N(C)Cc4ccccc4)cc3)c2c1. The summed E-state index contributed by atoms with van der Waals surface area (Å²) in [7, 11) is -2.09. The van der Waals surface area contributed by atoms with Crippen LogP contribution in [-0.2, 0) is 34.2 Å². The molecule has 4 aromatic rings. The summed E-state index contributed by atoms with van der Waals surface area (Å²) in [4.78, 5) is 12.8. The number of hydrogen-bond donors (Lipinski definition) is 1. The van der Waals surface area contributed by atoms with E-state index in [9.17, 15) is 13.2 Å². The molecular formula is C26H26N2O4S. The van der Waals surface area contributed by atoms with E-state index in [0.29, 0.717) is 5.69 Å². The molecule has 0 bridgehead atoms. The number of nitrogens with zero attached hydrogens (tertiary/aromatic N) is 1. The largest absolute Gasteiger partial charge is 0.464 e. The van der Waals surface area contributed by atoms with Gasteiger partial charge in [0.25, 0.3) is 0 Å². The zero-order valence-corrected chi connectivity index (χ0v) is 19.4. The number of anilines is 1. The first-order valence-electron chi connectivity index (χ1n) is 10.8. The third kappa shape index (κ3) is 5.16. The van der Waals surface area contributed by atoms with E-state index in [2.05, 4.69) is 12.2 Å². The summed E-state index contributed by atoms with van der Waals surface area (Å²) in [6.07, 6.45) is 2.69. The van der Waals surface area contributed by atoms with E-state index < -0.39 is 10.0 Å². The number of nitrogens with one attached hydrogen (secondary N) is 1. The Morgan fingerprint density at radius 3 is 2.39 bits per heavy atom. The molecule has 1 aromatic heterocycles. The van der Waals surface area contributed by atoms with E-state index in [1.807, 2.05) is 48.5 Å². The Bertz CT molecular complexity index is 1360. The normalized spacial score (nSPS) is 11.7. The number of benzene rings is 3. The molecule has 7 heteroatoms. The first kappa shape index (κ1) is 22.8. The van der Waals surface area contributed by atoms with Crippen molar-refractivity contribution in [3.05, 3.63) is 95.7 Å². The topological polar surface area (TPSA) is 79.6 Å². The Hall–Kier alpha value is -3.42. The highest BCUT2D eigenvalue weighted by Crippen LogP contribution is 2.24. The Morgan fingerprint density at radius 1 is 0.970 bits per heavy atom. The standard InChI is InChI=1S/C26H26N2O4S/c1-3-19-9-14-25-24(15-19)21(18-32-25)16-26(29)27-22-10-12-23(13-11-22)33(30,31)28(2)17-20-7-5-4-6-8-20/h4-15,18H,3,16-17H2,1-2H3,(H,27,29). The van der Waals surface area contributed by atoms with Gasteiger partial charge >= 0.3 is 0 Å². The van der Waals surface area contributed by atoms with Gasteiger partial charge in [0, 0.05) is 30.2 Å². The highest BCUT2D eigenvalue weighted by Gasteiger charge is 2.21. The van der Waals surface area contributed by atoms with Gasteiger partial charge in [0.05, 0.1) is 17.6 Å². The molecule has 0 saturated heterocycles. The summed E-state index contributed by atoms with van der Waals surface area (Å²) >= 11 is 0. The van der Waals surface area contributed by atoms with Crippen LogP contribution < -0.4 is 5.32 Å². The Kier molecular flexibility index (Phi) is 6.62. The van der Waals surface area contributed by atoms with Crippen LogP contribution in [-0.4, -0.2) is 25.7 Å². The van der Waals surface area contributed by atoms with Crippen molar-refractivity contribution in [2.75, 3.05) is 12.4 Å². The van der Waals surface area contributed by atoms with Crippen LogP contribution in [0.5, 0.6) is 0 Å². The number of furan rings is 1. The fourth-order valence-electron chi connectivity index (χ4n) is 3.68. The van der Waals surface area contributed by atoms with Crippen LogP contribution in [0.25, 0.3) is 11.0 Å². The molecule has 1 amide bonds. The molecular weight excluding hydrogens is 436 g/mol. The number of sulfonamides is 1. The average molecular weight is 463 g/mol. The second kappa shape index (κ2) is 9.60. The van der Waals surface area contributed by atoms with Crippen molar-refractivity contribution in [2.45, 2.75) is 31.2 Å². The van der Waals surface area contributed by atoms with Gasteiger partial charge in [0.1, 0.15) is 5.58 Å². The minimum atomic E-state index is -3.65. The number of carbonyl (C=O) groups excluding carboxylic acids is 1. The van der Waals surface area contributed by atoms with Crippen molar-refractivity contribution in [2.24, 2.45) is 0 Å². The van der Waals surface area contributed by atoms with Crippen LogP contribution in [0.1, 0.15) is 23.6 Å². The van der Waals surface area contributed by atoms with Gasteiger partial charge in [0.2, 0.25) is 15.9 Å². The maximum Gasteiger partial charge on any atom is 0.243 e. The number of fused-ring (bicyclic) bond motifs is 1. The summed E-state index contributed by atoms with van der Waals surface area (Å²) in [6, 6.07) is 21.6. The van der Waals surface area contributed by atoms with Crippen LogP contribution in [0.15, 0.2) is 88.4 Å². The lowest BCUT2D eigenvalue weighted by atomic mass is 10.1. The second-order valence-electron chi connectivity index (χ2n) is 7.94. The van der Waals surface area contributed by atoms with Gasteiger partial charge < -0.3 is 9.73 Å². The molecule has 1 heterocycles. The highest BCUT2D eigenvalue weighted by atomic mass is 32.2. The van der Waals surface area contributed by atoms with Crippen molar-refractivity contribution in [1.82, 2.24) is 4.31 Å². The quantitative estimate of drug-likeness (QED) is 0.400. The van der Waals surface area contributed by atoms with Crippen LogP contribution in [0, 0.1) is 0 Å². The van der Waals surface area contributed by atoms with E-state index in [0.717, 1.165) is 28.5 Å². The summed E-state index contributed by atoms with van der Waals surface area (Å²) < 4.78 is 32.6. The molecule has 0 saturated carbocycles. The van der Waals surface area contributed by atoms with Gasteiger partial charge in [-0.1, -0.05) is 43.3 Å². The Labute approximate surface area is 193 Å². The molecule has 0 spiro atoms. The van der Waals surface area contributed by atoms with Crippen LogP contribution in [0.2, 0.25) is 0 Å². The monoisotopic (exact) mass is 462 g/mol. The zero-order chi connectivity index (χ0) is 23.4. The number of aryl methyl sites for hydroxylation is 1. The molecule has 0 unspecified atom stereocenters. The summed E-state index contributed by atoms with van der Waals surface area (Å²) in [6.45, 7) is 2.36. The molecule has 4 rings (SSSR count).